The number of carbonyl (C=O) groups excluding carboxylic acids is 1. The molecular formula is C30H38N6O. The lowest BCUT2D eigenvalue weighted by molar-refractivity contribution is 0.0752. The fourth-order valence-corrected chi connectivity index (χ4v) is 4.83. The Balaban J connectivity index is 1.69. The standard InChI is InChI=1S/C30H38N6O/c1-6-12-33-21-25-8-10-27(11-9-25)30(37)34(7-2)13-14-35-15-16-36(29(35)28(20-31)32-5)22-26-18-23(3)17-24(4)19-26/h8-11,17-19,33H,6-7,12-16,21-22H2,1-4H3/b29-28-. The lowest BCUT2D eigenvalue weighted by Gasteiger charge is -2.28. The minimum absolute atomic E-state index is 0.00179. The van der Waals surface area contributed by atoms with E-state index in [1.807, 2.05) is 36.1 Å². The Labute approximate surface area is 221 Å². The van der Waals surface area contributed by atoms with E-state index in [4.69, 9.17) is 6.57 Å². The molecule has 0 aromatic heterocycles. The van der Waals surface area contributed by atoms with Crippen molar-refractivity contribution in [3.05, 3.63) is 93.2 Å². The van der Waals surface area contributed by atoms with Crippen LogP contribution in [0.4, 0.5) is 0 Å². The molecule has 3 rings (SSSR count). The molecule has 0 aliphatic carbocycles. The van der Waals surface area contributed by atoms with Gasteiger partial charge in [0.15, 0.2) is 0 Å². The fraction of sp³-hybridized carbons (Fsp3) is 0.433. The van der Waals surface area contributed by atoms with E-state index in [1.165, 1.54) is 11.1 Å². The largest absolute Gasteiger partial charge is 0.363 e. The minimum Gasteiger partial charge on any atom is -0.363 e. The van der Waals surface area contributed by atoms with Crippen LogP contribution in [0.15, 0.2) is 54.0 Å². The number of carbonyl (C=O) groups is 1. The van der Waals surface area contributed by atoms with Crippen molar-refractivity contribution >= 4 is 5.91 Å². The van der Waals surface area contributed by atoms with Crippen molar-refractivity contribution in [2.45, 2.75) is 47.2 Å². The lowest BCUT2D eigenvalue weighted by atomic mass is 10.1. The molecule has 1 fully saturated rings. The number of amides is 1. The van der Waals surface area contributed by atoms with Crippen LogP contribution in [0.1, 0.15) is 52.9 Å². The third kappa shape index (κ3) is 7.35. The van der Waals surface area contributed by atoms with Gasteiger partial charge in [0.2, 0.25) is 0 Å². The Kier molecular flexibility index (Phi) is 10.1. The number of hydrogen-bond acceptors (Lipinski definition) is 5. The van der Waals surface area contributed by atoms with Crippen LogP contribution in [-0.2, 0) is 13.1 Å². The Bertz CT molecular complexity index is 1150. The van der Waals surface area contributed by atoms with Gasteiger partial charge in [-0.25, -0.2) is 10.1 Å². The highest BCUT2D eigenvalue weighted by Crippen LogP contribution is 2.26. The molecule has 0 unspecified atom stereocenters. The van der Waals surface area contributed by atoms with Crippen LogP contribution in [0.3, 0.4) is 0 Å². The molecule has 0 atom stereocenters. The minimum atomic E-state index is -0.00179. The van der Waals surface area contributed by atoms with Gasteiger partial charge < -0.3 is 20.0 Å². The molecule has 1 aliphatic heterocycles. The molecule has 1 saturated heterocycles. The molecule has 0 radical (unpaired) electrons. The van der Waals surface area contributed by atoms with E-state index in [-0.39, 0.29) is 11.6 Å². The molecule has 194 valence electrons. The molecule has 2 aromatic rings. The van der Waals surface area contributed by atoms with Crippen molar-refractivity contribution in [2.24, 2.45) is 0 Å². The predicted octanol–water partition coefficient (Wildman–Crippen LogP) is 4.69. The van der Waals surface area contributed by atoms with E-state index in [2.05, 4.69) is 65.0 Å². The van der Waals surface area contributed by atoms with E-state index in [1.54, 1.807) is 0 Å². The zero-order chi connectivity index (χ0) is 26.8. The maximum Gasteiger partial charge on any atom is 0.300 e. The number of nitrogens with zero attached hydrogens (tertiary/aromatic N) is 5. The second-order valence-electron chi connectivity index (χ2n) is 9.56. The highest BCUT2D eigenvalue weighted by atomic mass is 16.2. The van der Waals surface area contributed by atoms with Crippen LogP contribution in [0, 0.1) is 31.8 Å². The Hall–Kier alpha value is -3.81. The van der Waals surface area contributed by atoms with Crippen LogP contribution in [0.2, 0.25) is 0 Å². The molecule has 0 bridgehead atoms. The Morgan fingerprint density at radius 1 is 1.08 bits per heavy atom. The van der Waals surface area contributed by atoms with Crippen molar-refractivity contribution in [3.8, 4) is 6.07 Å². The third-order valence-corrected chi connectivity index (χ3v) is 6.59. The van der Waals surface area contributed by atoms with Crippen LogP contribution >= 0.6 is 0 Å². The quantitative estimate of drug-likeness (QED) is 0.276. The van der Waals surface area contributed by atoms with E-state index >= 15 is 0 Å². The van der Waals surface area contributed by atoms with Crippen molar-refractivity contribution in [1.82, 2.24) is 20.0 Å². The second kappa shape index (κ2) is 13.5. The third-order valence-electron chi connectivity index (χ3n) is 6.59. The molecular weight excluding hydrogens is 460 g/mol. The summed E-state index contributed by atoms with van der Waals surface area (Å²) in [6.45, 7) is 21.4. The number of allylic oxidation sites excluding steroid dienone is 1. The summed E-state index contributed by atoms with van der Waals surface area (Å²) in [7, 11) is 0. The van der Waals surface area contributed by atoms with Crippen LogP contribution in [-0.4, -0.2) is 59.9 Å². The first-order chi connectivity index (χ1) is 17.9. The van der Waals surface area contributed by atoms with E-state index in [0.717, 1.165) is 37.2 Å². The maximum absolute atomic E-state index is 13.2. The molecule has 2 aromatic carbocycles. The average molecular weight is 499 g/mol. The molecule has 7 heteroatoms. The summed E-state index contributed by atoms with van der Waals surface area (Å²) in [5, 5.41) is 13.1. The van der Waals surface area contributed by atoms with Gasteiger partial charge >= 0.3 is 5.70 Å². The summed E-state index contributed by atoms with van der Waals surface area (Å²) in [5.41, 5.74) is 5.50. The SMILES string of the molecule is [C-]#[N+]/C(C#N)=C1/N(CCN(CC)C(=O)c2ccc(CNCCC)cc2)CCN1Cc1cc(C)cc(C)c1. The predicted molar refractivity (Wildman–Crippen MR) is 147 cm³/mol. The average Bonchev–Trinajstić information content (AvgIpc) is 3.27. The molecule has 1 aliphatic rings. The van der Waals surface area contributed by atoms with Crippen LogP contribution in [0.5, 0.6) is 0 Å². The monoisotopic (exact) mass is 498 g/mol. The zero-order valence-electron chi connectivity index (χ0n) is 22.5. The summed E-state index contributed by atoms with van der Waals surface area (Å²) in [4.78, 5) is 22.8. The molecule has 1 amide bonds. The van der Waals surface area contributed by atoms with Gasteiger partial charge in [0.05, 0.1) is 12.6 Å². The van der Waals surface area contributed by atoms with E-state index in [0.29, 0.717) is 44.1 Å². The lowest BCUT2D eigenvalue weighted by Crippen LogP contribution is -2.38. The highest BCUT2D eigenvalue weighted by molar-refractivity contribution is 5.94. The first-order valence-corrected chi connectivity index (χ1v) is 13.1. The second-order valence-corrected chi connectivity index (χ2v) is 9.56. The van der Waals surface area contributed by atoms with Crippen molar-refractivity contribution in [2.75, 3.05) is 39.3 Å². The number of benzene rings is 2. The van der Waals surface area contributed by atoms with Gasteiger partial charge in [0.1, 0.15) is 5.82 Å². The summed E-state index contributed by atoms with van der Waals surface area (Å²) in [6.07, 6.45) is 1.09. The van der Waals surface area contributed by atoms with Crippen molar-refractivity contribution < 1.29 is 4.79 Å². The van der Waals surface area contributed by atoms with Gasteiger partial charge in [-0.2, -0.15) is 0 Å². The van der Waals surface area contributed by atoms with Gasteiger partial charge in [0.25, 0.3) is 5.91 Å². The van der Waals surface area contributed by atoms with Gasteiger partial charge in [-0.1, -0.05) is 48.4 Å². The summed E-state index contributed by atoms with van der Waals surface area (Å²) in [5.74, 6) is 0.669. The summed E-state index contributed by atoms with van der Waals surface area (Å²) >= 11 is 0. The Morgan fingerprint density at radius 2 is 1.76 bits per heavy atom. The molecule has 0 saturated carbocycles. The zero-order valence-corrected chi connectivity index (χ0v) is 22.5. The normalized spacial score (nSPS) is 14.3. The number of rotatable bonds is 11. The van der Waals surface area contributed by atoms with Crippen LogP contribution in [0.25, 0.3) is 4.85 Å². The van der Waals surface area contributed by atoms with Crippen molar-refractivity contribution in [1.29, 1.82) is 5.26 Å². The number of likely N-dealkylation sites (N-methyl/N-ethyl adjacent to an activating group) is 1. The smallest absolute Gasteiger partial charge is 0.300 e. The van der Waals surface area contributed by atoms with Gasteiger partial charge in [-0.15, -0.1) is 0 Å². The molecule has 37 heavy (non-hydrogen) atoms. The van der Waals surface area contributed by atoms with Crippen molar-refractivity contribution in [3.63, 3.8) is 0 Å². The molecule has 7 nitrogen and oxygen atoms in total. The number of aryl methyl sites for hydroxylation is 2. The van der Waals surface area contributed by atoms with Gasteiger partial charge in [-0.05, 0) is 57.0 Å². The molecule has 1 N–H and O–H groups in total. The van der Waals surface area contributed by atoms with Gasteiger partial charge in [-0.3, -0.25) is 4.79 Å². The number of nitrogens with one attached hydrogen (secondary N) is 1. The first-order valence-electron chi connectivity index (χ1n) is 13.1. The van der Waals surface area contributed by atoms with E-state index < -0.39 is 0 Å². The highest BCUT2D eigenvalue weighted by Gasteiger charge is 2.29. The van der Waals surface area contributed by atoms with E-state index in [9.17, 15) is 10.1 Å². The molecule has 1 heterocycles. The van der Waals surface area contributed by atoms with Crippen LogP contribution < -0.4 is 5.32 Å². The Morgan fingerprint density at radius 3 is 2.35 bits per heavy atom. The van der Waals surface area contributed by atoms with Gasteiger partial charge in [0, 0.05) is 51.4 Å². The number of hydrogen-bond donors (Lipinski definition) is 1. The summed E-state index contributed by atoms with van der Waals surface area (Å²) in [6, 6.07) is 16.3. The maximum atomic E-state index is 13.2. The topological polar surface area (TPSA) is 67.0 Å². The summed E-state index contributed by atoms with van der Waals surface area (Å²) < 4.78 is 0. The first kappa shape index (κ1) is 27.8. The molecule has 0 spiro atoms. The fourth-order valence-electron chi connectivity index (χ4n) is 4.83. The number of nitriles is 1.